The summed E-state index contributed by atoms with van der Waals surface area (Å²) in [5.74, 6) is 0.249. The third kappa shape index (κ3) is 7.21. The Balaban J connectivity index is 1.33. The summed E-state index contributed by atoms with van der Waals surface area (Å²) in [6.45, 7) is 15.7. The lowest BCUT2D eigenvalue weighted by atomic mass is 10.2. The van der Waals surface area contributed by atoms with E-state index in [-0.39, 0.29) is 29.8 Å². The van der Waals surface area contributed by atoms with Gasteiger partial charge in [-0.05, 0) is 27.5 Å². The lowest BCUT2D eigenvalue weighted by Crippen LogP contribution is -2.67. The molecule has 0 amide bonds. The van der Waals surface area contributed by atoms with Crippen molar-refractivity contribution in [1.82, 2.24) is 14.5 Å². The van der Waals surface area contributed by atoms with E-state index in [0.717, 1.165) is 6.04 Å². The molecule has 236 valence electrons. The number of imidazole rings is 1. The van der Waals surface area contributed by atoms with Gasteiger partial charge in [0.05, 0.1) is 24.3 Å². The van der Waals surface area contributed by atoms with Gasteiger partial charge in [0.15, 0.2) is 5.65 Å². The van der Waals surface area contributed by atoms with Gasteiger partial charge in [0.2, 0.25) is 0 Å². The Kier molecular flexibility index (Phi) is 9.88. The maximum atomic E-state index is 7.12. The minimum Gasteiger partial charge on any atom is -0.459 e. The molecule has 2 atom stereocenters. The number of benzene rings is 2. The minimum absolute atomic E-state index is 0.110. The molecular formula is C33H45ClN4O4Si2. The van der Waals surface area contributed by atoms with Gasteiger partial charge in [-0.3, -0.25) is 4.57 Å². The molecule has 2 N–H and O–H groups in total. The second-order valence-corrected chi connectivity index (χ2v) is 24.1. The molecule has 0 spiro atoms. The van der Waals surface area contributed by atoms with Crippen molar-refractivity contribution in [1.29, 1.82) is 0 Å². The summed E-state index contributed by atoms with van der Waals surface area (Å²) in [5.41, 5.74) is 7.24. The van der Waals surface area contributed by atoms with Crippen molar-refractivity contribution in [3.05, 3.63) is 71.8 Å². The molecule has 2 aromatic heterocycles. The SMILES string of the molecule is CC(C)(C)[Si](OC[C@@H]1C[C@H](Oc2nc3cc(Cl)c(N)nc3n2COCC[Si](C)(C)C)CO1)(c1ccccc1)c1ccccc1. The highest BCUT2D eigenvalue weighted by molar-refractivity contribution is 6.99. The van der Waals surface area contributed by atoms with Gasteiger partial charge in [-0.2, -0.15) is 4.98 Å². The predicted octanol–water partition coefficient (Wildman–Crippen LogP) is 6.09. The van der Waals surface area contributed by atoms with Crippen LogP contribution in [0.3, 0.4) is 0 Å². The number of aromatic nitrogens is 3. The molecule has 44 heavy (non-hydrogen) atoms. The number of hydrogen-bond donors (Lipinski definition) is 1. The number of hydrogen-bond acceptors (Lipinski definition) is 7. The third-order valence-corrected chi connectivity index (χ3v) is 15.1. The van der Waals surface area contributed by atoms with Crippen molar-refractivity contribution in [2.75, 3.05) is 25.6 Å². The van der Waals surface area contributed by atoms with Crippen molar-refractivity contribution in [2.24, 2.45) is 0 Å². The average Bonchev–Trinajstić information content (AvgIpc) is 3.55. The maximum Gasteiger partial charge on any atom is 0.300 e. The van der Waals surface area contributed by atoms with E-state index in [1.54, 1.807) is 6.07 Å². The molecule has 1 aliphatic heterocycles. The van der Waals surface area contributed by atoms with E-state index in [4.69, 9.17) is 41.0 Å². The molecule has 0 unspecified atom stereocenters. The number of ether oxygens (including phenoxy) is 3. The number of halogens is 1. The summed E-state index contributed by atoms with van der Waals surface area (Å²) >= 11 is 6.27. The van der Waals surface area contributed by atoms with Crippen LogP contribution in [0.25, 0.3) is 11.2 Å². The van der Waals surface area contributed by atoms with Crippen LogP contribution in [-0.2, 0) is 20.6 Å². The monoisotopic (exact) mass is 652 g/mol. The summed E-state index contributed by atoms with van der Waals surface area (Å²) in [6, 6.07) is 24.5. The largest absolute Gasteiger partial charge is 0.459 e. The molecule has 5 rings (SSSR count). The molecule has 0 radical (unpaired) electrons. The fourth-order valence-corrected chi connectivity index (χ4v) is 11.3. The predicted molar refractivity (Wildman–Crippen MR) is 183 cm³/mol. The van der Waals surface area contributed by atoms with Crippen molar-refractivity contribution < 1.29 is 18.6 Å². The number of anilines is 1. The van der Waals surface area contributed by atoms with E-state index < -0.39 is 16.4 Å². The van der Waals surface area contributed by atoms with Crippen LogP contribution in [0.15, 0.2) is 66.7 Å². The van der Waals surface area contributed by atoms with E-state index in [9.17, 15) is 0 Å². The number of nitrogens with two attached hydrogens (primary N) is 1. The molecule has 1 saturated heterocycles. The first-order valence-electron chi connectivity index (χ1n) is 15.3. The molecule has 4 aromatic rings. The third-order valence-electron chi connectivity index (χ3n) is 8.10. The van der Waals surface area contributed by atoms with Gasteiger partial charge in [0, 0.05) is 21.1 Å². The Morgan fingerprint density at radius 3 is 2.23 bits per heavy atom. The van der Waals surface area contributed by atoms with Gasteiger partial charge in [0.1, 0.15) is 24.2 Å². The second-order valence-electron chi connectivity index (χ2n) is 13.8. The van der Waals surface area contributed by atoms with Gasteiger partial charge in [-0.1, -0.05) is 113 Å². The molecule has 0 bridgehead atoms. The molecule has 0 saturated carbocycles. The van der Waals surface area contributed by atoms with Gasteiger partial charge >= 0.3 is 6.01 Å². The quantitative estimate of drug-likeness (QED) is 0.146. The molecule has 1 fully saturated rings. The average molecular weight is 653 g/mol. The Morgan fingerprint density at radius 2 is 1.64 bits per heavy atom. The summed E-state index contributed by atoms with van der Waals surface area (Å²) in [6.07, 6.45) is 0.359. The van der Waals surface area contributed by atoms with E-state index in [1.165, 1.54) is 10.4 Å². The number of nitrogens with zero attached hydrogens (tertiary/aromatic N) is 3. The standard InChI is InChI=1S/C33H45ClN4O4Si2/c1-33(2,3)44(26-13-9-7-10-14-26,27-15-11-8-12-16-27)41-22-24-19-25(21-40-24)42-32-36-29-20-28(34)30(35)37-31(29)38(32)23-39-17-18-43(4,5)6/h7-16,20,24-25H,17-19,21-23H2,1-6H3,(H2,35,37)/t24-,25-/m0/s1. The molecule has 3 heterocycles. The molecule has 2 aromatic carbocycles. The lowest BCUT2D eigenvalue weighted by molar-refractivity contribution is 0.0536. The van der Waals surface area contributed by atoms with E-state index >= 15 is 0 Å². The van der Waals surface area contributed by atoms with Crippen molar-refractivity contribution >= 4 is 55.3 Å². The van der Waals surface area contributed by atoms with Crippen LogP contribution < -0.4 is 20.8 Å². The first kappa shape index (κ1) is 32.7. The topological polar surface area (TPSA) is 93.7 Å². The number of fused-ring (bicyclic) bond motifs is 1. The summed E-state index contributed by atoms with van der Waals surface area (Å²) in [4.78, 5) is 9.21. The van der Waals surface area contributed by atoms with Crippen LogP contribution in [-0.4, -0.2) is 63.0 Å². The van der Waals surface area contributed by atoms with Gasteiger partial charge in [-0.15, -0.1) is 0 Å². The number of nitrogen functional groups attached to an aromatic ring is 1. The van der Waals surface area contributed by atoms with Crippen molar-refractivity contribution in [2.45, 2.75) is 76.9 Å². The van der Waals surface area contributed by atoms with Crippen molar-refractivity contribution in [3.63, 3.8) is 0 Å². The smallest absolute Gasteiger partial charge is 0.300 e. The zero-order valence-electron chi connectivity index (χ0n) is 26.7. The highest BCUT2D eigenvalue weighted by Crippen LogP contribution is 2.37. The highest BCUT2D eigenvalue weighted by Gasteiger charge is 2.50. The maximum absolute atomic E-state index is 7.12. The first-order chi connectivity index (χ1) is 20.9. The Labute approximate surface area is 268 Å². The summed E-state index contributed by atoms with van der Waals surface area (Å²) < 4.78 is 27.7. The number of pyridine rings is 1. The lowest BCUT2D eigenvalue weighted by Gasteiger charge is -2.43. The molecule has 1 aliphatic rings. The Bertz CT molecular complexity index is 1500. The van der Waals surface area contributed by atoms with Crippen LogP contribution in [0, 0.1) is 0 Å². The Hall–Kier alpha value is -2.74. The Morgan fingerprint density at radius 1 is 1.00 bits per heavy atom. The number of rotatable bonds is 12. The van der Waals surface area contributed by atoms with Crippen LogP contribution in [0.1, 0.15) is 27.2 Å². The molecule has 8 nitrogen and oxygen atoms in total. The first-order valence-corrected chi connectivity index (χ1v) is 21.3. The fraction of sp³-hybridized carbons (Fsp3) is 0.455. The summed E-state index contributed by atoms with van der Waals surface area (Å²) in [5, 5.41) is 2.74. The van der Waals surface area contributed by atoms with Gasteiger partial charge < -0.3 is 24.4 Å². The van der Waals surface area contributed by atoms with Crippen LogP contribution in [0.4, 0.5) is 5.82 Å². The second kappa shape index (κ2) is 13.3. The molecular weight excluding hydrogens is 608 g/mol. The van der Waals surface area contributed by atoms with E-state index in [1.807, 2.05) is 4.57 Å². The molecule has 11 heteroatoms. The van der Waals surface area contributed by atoms with E-state index in [2.05, 4.69) is 106 Å². The van der Waals surface area contributed by atoms with Crippen LogP contribution >= 0.6 is 11.6 Å². The fourth-order valence-electron chi connectivity index (χ4n) is 5.76. The van der Waals surface area contributed by atoms with Gasteiger partial charge in [0.25, 0.3) is 8.32 Å². The minimum atomic E-state index is -2.67. The van der Waals surface area contributed by atoms with E-state index in [0.29, 0.717) is 48.4 Å². The van der Waals surface area contributed by atoms with Crippen LogP contribution in [0.2, 0.25) is 35.7 Å². The highest BCUT2D eigenvalue weighted by atomic mass is 35.5. The molecule has 0 aliphatic carbocycles. The van der Waals surface area contributed by atoms with Gasteiger partial charge in [-0.25, -0.2) is 4.98 Å². The normalized spacial score (nSPS) is 17.8. The van der Waals surface area contributed by atoms with Crippen LogP contribution in [0.5, 0.6) is 6.01 Å². The zero-order valence-corrected chi connectivity index (χ0v) is 29.4. The van der Waals surface area contributed by atoms with Crippen molar-refractivity contribution in [3.8, 4) is 6.01 Å². The zero-order chi connectivity index (χ0) is 31.5. The summed E-state index contributed by atoms with van der Waals surface area (Å²) in [7, 11) is -3.91.